The first kappa shape index (κ1) is 16.5. The molecule has 3 heteroatoms. The molecule has 0 radical (unpaired) electrons. The Morgan fingerprint density at radius 2 is 1.91 bits per heavy atom. The van der Waals surface area contributed by atoms with Crippen molar-refractivity contribution in [2.24, 2.45) is 0 Å². The molecule has 0 aliphatic rings. The molecule has 0 spiro atoms. The average molecular weight is 299 g/mol. The first-order chi connectivity index (χ1) is 10.5. The van der Waals surface area contributed by atoms with E-state index in [1.54, 1.807) is 0 Å². The van der Waals surface area contributed by atoms with Crippen LogP contribution in [0.3, 0.4) is 0 Å². The number of carbonyl (C=O) groups excluding carboxylic acids is 1. The Bertz CT molecular complexity index is 653. The van der Waals surface area contributed by atoms with Crippen molar-refractivity contribution < 1.29 is 9.90 Å². The number of aliphatic hydroxyl groups excluding tert-OH is 1. The fraction of sp³-hybridized carbons (Fsp3) is 0.421. The lowest BCUT2D eigenvalue weighted by atomic mass is 9.92. The van der Waals surface area contributed by atoms with Gasteiger partial charge in [0.05, 0.1) is 5.92 Å². The zero-order valence-corrected chi connectivity index (χ0v) is 13.6. The lowest BCUT2D eigenvalue weighted by Gasteiger charge is -2.30. The van der Waals surface area contributed by atoms with Gasteiger partial charge in [0.1, 0.15) is 0 Å². The van der Waals surface area contributed by atoms with E-state index in [2.05, 4.69) is 29.6 Å². The lowest BCUT2D eigenvalue weighted by molar-refractivity contribution is -0.124. The molecule has 2 atom stereocenters. The molecule has 2 unspecified atom stereocenters. The molecule has 22 heavy (non-hydrogen) atoms. The largest absolute Gasteiger partial charge is 0.396 e. The van der Waals surface area contributed by atoms with E-state index in [1.807, 2.05) is 39.0 Å². The Morgan fingerprint density at radius 1 is 1.23 bits per heavy atom. The van der Waals surface area contributed by atoms with E-state index in [1.165, 1.54) is 5.39 Å². The minimum absolute atomic E-state index is 0.00748. The van der Waals surface area contributed by atoms with Crippen LogP contribution in [0.15, 0.2) is 42.5 Å². The summed E-state index contributed by atoms with van der Waals surface area (Å²) in [5.41, 5.74) is 0.662. The Morgan fingerprint density at radius 3 is 2.55 bits per heavy atom. The molecule has 0 saturated carbocycles. The van der Waals surface area contributed by atoms with Gasteiger partial charge in [-0.25, -0.2) is 0 Å². The Labute approximate surface area is 132 Å². The van der Waals surface area contributed by atoms with Crippen LogP contribution in [0.4, 0.5) is 0 Å². The van der Waals surface area contributed by atoms with Gasteiger partial charge in [0.15, 0.2) is 0 Å². The molecule has 0 heterocycles. The predicted octanol–water partition coefficient (Wildman–Crippen LogP) is 3.61. The Balaban J connectivity index is 2.18. The molecule has 118 valence electrons. The van der Waals surface area contributed by atoms with Crippen LogP contribution in [0.25, 0.3) is 10.8 Å². The molecule has 2 aromatic rings. The number of benzene rings is 2. The van der Waals surface area contributed by atoms with Gasteiger partial charge in [-0.1, -0.05) is 49.4 Å². The SMILES string of the molecule is CCC(C)(CCO)NC(=O)C(C)c1ccc2ccccc2c1. The Kier molecular flexibility index (Phi) is 5.19. The van der Waals surface area contributed by atoms with Crippen LogP contribution in [0.2, 0.25) is 0 Å². The van der Waals surface area contributed by atoms with Gasteiger partial charge in [0.25, 0.3) is 0 Å². The third-order valence-electron chi connectivity index (χ3n) is 4.54. The van der Waals surface area contributed by atoms with Crippen LogP contribution >= 0.6 is 0 Å². The van der Waals surface area contributed by atoms with Crippen molar-refractivity contribution in [2.75, 3.05) is 6.61 Å². The molecule has 0 fully saturated rings. The van der Waals surface area contributed by atoms with Gasteiger partial charge < -0.3 is 10.4 Å². The Hall–Kier alpha value is -1.87. The second kappa shape index (κ2) is 6.93. The van der Waals surface area contributed by atoms with Crippen molar-refractivity contribution in [3.8, 4) is 0 Å². The summed E-state index contributed by atoms with van der Waals surface area (Å²) in [6.07, 6.45) is 1.36. The highest BCUT2D eigenvalue weighted by Crippen LogP contribution is 2.23. The molecule has 0 aliphatic carbocycles. The molecule has 2 aromatic carbocycles. The van der Waals surface area contributed by atoms with E-state index >= 15 is 0 Å². The van der Waals surface area contributed by atoms with Crippen LogP contribution in [0, 0.1) is 0 Å². The van der Waals surface area contributed by atoms with Gasteiger partial charge in [0.2, 0.25) is 5.91 Å². The van der Waals surface area contributed by atoms with E-state index in [0.29, 0.717) is 6.42 Å². The van der Waals surface area contributed by atoms with Crippen molar-refractivity contribution >= 4 is 16.7 Å². The molecular formula is C19H25NO2. The quantitative estimate of drug-likeness (QED) is 0.856. The summed E-state index contributed by atoms with van der Waals surface area (Å²) in [4.78, 5) is 12.5. The second-order valence-corrected chi connectivity index (χ2v) is 6.21. The molecule has 3 nitrogen and oxygen atoms in total. The van der Waals surface area contributed by atoms with Gasteiger partial charge in [-0.3, -0.25) is 4.79 Å². The van der Waals surface area contributed by atoms with Crippen LogP contribution in [0.5, 0.6) is 0 Å². The number of hydrogen-bond donors (Lipinski definition) is 2. The number of carbonyl (C=O) groups is 1. The maximum absolute atomic E-state index is 12.5. The number of aliphatic hydroxyl groups is 1. The van der Waals surface area contributed by atoms with Gasteiger partial charge >= 0.3 is 0 Å². The van der Waals surface area contributed by atoms with Crippen molar-refractivity contribution in [1.29, 1.82) is 0 Å². The zero-order chi connectivity index (χ0) is 16.2. The maximum Gasteiger partial charge on any atom is 0.227 e. The topological polar surface area (TPSA) is 49.3 Å². The molecule has 0 bridgehead atoms. The predicted molar refractivity (Wildman–Crippen MR) is 90.9 cm³/mol. The van der Waals surface area contributed by atoms with E-state index in [4.69, 9.17) is 5.11 Å². The molecule has 0 saturated heterocycles. The molecule has 2 rings (SSSR count). The van der Waals surface area contributed by atoms with E-state index in [0.717, 1.165) is 17.4 Å². The highest BCUT2D eigenvalue weighted by molar-refractivity contribution is 5.87. The van der Waals surface area contributed by atoms with Crippen molar-refractivity contribution in [3.05, 3.63) is 48.0 Å². The standard InChI is InChI=1S/C19H25NO2/c1-4-19(3,11-12-21)20-18(22)14(2)16-10-9-15-7-5-6-8-17(15)13-16/h5-10,13-14,21H,4,11-12H2,1-3H3,(H,20,22). The normalized spacial score (nSPS) is 15.3. The highest BCUT2D eigenvalue weighted by Gasteiger charge is 2.26. The number of nitrogens with one attached hydrogen (secondary N) is 1. The summed E-state index contributed by atoms with van der Waals surface area (Å²) in [5, 5.41) is 14.6. The molecule has 2 N–H and O–H groups in total. The van der Waals surface area contributed by atoms with Gasteiger partial charge in [-0.15, -0.1) is 0 Å². The van der Waals surface area contributed by atoms with Gasteiger partial charge in [-0.05, 0) is 43.0 Å². The molecular weight excluding hydrogens is 274 g/mol. The van der Waals surface area contributed by atoms with E-state index in [9.17, 15) is 4.79 Å². The summed E-state index contributed by atoms with van der Waals surface area (Å²) in [6, 6.07) is 14.3. The number of amides is 1. The average Bonchev–Trinajstić information content (AvgIpc) is 2.53. The number of rotatable bonds is 6. The summed E-state index contributed by atoms with van der Waals surface area (Å²) in [6.45, 7) is 6.01. The lowest BCUT2D eigenvalue weighted by Crippen LogP contribution is -2.47. The van der Waals surface area contributed by atoms with E-state index < -0.39 is 0 Å². The van der Waals surface area contributed by atoms with Crippen molar-refractivity contribution in [1.82, 2.24) is 5.32 Å². The van der Waals surface area contributed by atoms with Gasteiger partial charge in [0, 0.05) is 12.1 Å². The van der Waals surface area contributed by atoms with Gasteiger partial charge in [-0.2, -0.15) is 0 Å². The smallest absolute Gasteiger partial charge is 0.227 e. The molecule has 0 aliphatic heterocycles. The molecule has 1 amide bonds. The van der Waals surface area contributed by atoms with Crippen LogP contribution in [-0.2, 0) is 4.79 Å². The first-order valence-corrected chi connectivity index (χ1v) is 7.90. The maximum atomic E-state index is 12.5. The van der Waals surface area contributed by atoms with Crippen molar-refractivity contribution in [3.63, 3.8) is 0 Å². The second-order valence-electron chi connectivity index (χ2n) is 6.21. The van der Waals surface area contributed by atoms with Crippen LogP contribution in [0.1, 0.15) is 45.1 Å². The number of fused-ring (bicyclic) bond motifs is 1. The summed E-state index contributed by atoms with van der Waals surface area (Å²) in [7, 11) is 0. The first-order valence-electron chi connectivity index (χ1n) is 7.90. The highest BCUT2D eigenvalue weighted by atomic mass is 16.3. The third-order valence-corrected chi connectivity index (χ3v) is 4.54. The van der Waals surface area contributed by atoms with Crippen molar-refractivity contribution in [2.45, 2.75) is 45.1 Å². The van der Waals surface area contributed by atoms with Crippen LogP contribution < -0.4 is 5.32 Å². The number of hydrogen-bond acceptors (Lipinski definition) is 2. The minimum Gasteiger partial charge on any atom is -0.396 e. The fourth-order valence-electron chi connectivity index (χ4n) is 2.61. The third kappa shape index (κ3) is 3.66. The molecule has 0 aromatic heterocycles. The van der Waals surface area contributed by atoms with Crippen LogP contribution in [-0.4, -0.2) is 23.2 Å². The zero-order valence-electron chi connectivity index (χ0n) is 13.6. The van der Waals surface area contributed by atoms with E-state index in [-0.39, 0.29) is 24.0 Å². The summed E-state index contributed by atoms with van der Waals surface area (Å²) < 4.78 is 0. The monoisotopic (exact) mass is 299 g/mol. The summed E-state index contributed by atoms with van der Waals surface area (Å²) in [5.74, 6) is -0.206. The fourth-order valence-corrected chi connectivity index (χ4v) is 2.61. The summed E-state index contributed by atoms with van der Waals surface area (Å²) >= 11 is 0. The minimum atomic E-state index is -0.350.